The fraction of sp³-hybridized carbons (Fsp3) is 0.700. The van der Waals surface area contributed by atoms with Crippen molar-refractivity contribution in [3.8, 4) is 0 Å². The number of hydrazine groups is 1. The van der Waals surface area contributed by atoms with Gasteiger partial charge in [0.25, 0.3) is 5.91 Å². The van der Waals surface area contributed by atoms with Crippen molar-refractivity contribution in [1.29, 1.82) is 0 Å². The van der Waals surface area contributed by atoms with Gasteiger partial charge >= 0.3 is 0 Å². The molecule has 0 aliphatic carbocycles. The lowest BCUT2D eigenvalue weighted by molar-refractivity contribution is 0.0369. The van der Waals surface area contributed by atoms with Crippen LogP contribution in [0, 0.1) is 0 Å². The fourth-order valence-electron chi connectivity index (χ4n) is 2.13. The number of carbonyl (C=O) groups excluding carboxylic acids is 1. The molecule has 7 heteroatoms. The van der Waals surface area contributed by atoms with Crippen LogP contribution in [0.15, 0.2) is 0 Å². The van der Waals surface area contributed by atoms with Crippen molar-refractivity contribution in [2.24, 2.45) is 0 Å². The summed E-state index contributed by atoms with van der Waals surface area (Å²) in [6.07, 6.45) is 3.41. The van der Waals surface area contributed by atoms with E-state index in [9.17, 15) is 4.79 Å². The summed E-state index contributed by atoms with van der Waals surface area (Å²) in [6, 6.07) is 0.709. The first-order valence-electron chi connectivity index (χ1n) is 5.76. The average Bonchev–Trinajstić information content (AvgIpc) is 2.70. The van der Waals surface area contributed by atoms with E-state index in [1.165, 1.54) is 6.42 Å². The molecule has 1 amide bonds. The number of hydrogen-bond acceptors (Lipinski definition) is 6. The zero-order valence-electron chi connectivity index (χ0n) is 10.0. The van der Waals surface area contributed by atoms with Crippen molar-refractivity contribution in [2.45, 2.75) is 45.2 Å². The lowest BCUT2D eigenvalue weighted by Crippen LogP contribution is -2.54. The fourth-order valence-corrected chi connectivity index (χ4v) is 2.63. The van der Waals surface area contributed by atoms with Gasteiger partial charge in [0, 0.05) is 12.1 Å². The molecular formula is C10H17N5OS. The monoisotopic (exact) mass is 255 g/mol. The predicted octanol–water partition coefficient (Wildman–Crippen LogP) is 1.03. The second-order valence-electron chi connectivity index (χ2n) is 4.42. The summed E-state index contributed by atoms with van der Waals surface area (Å²) in [5.74, 6) is -0.222. The molecule has 1 aromatic rings. The number of rotatable bonds is 2. The van der Waals surface area contributed by atoms with Crippen LogP contribution in [0.2, 0.25) is 0 Å². The molecule has 17 heavy (non-hydrogen) atoms. The van der Waals surface area contributed by atoms with E-state index in [0.29, 0.717) is 22.2 Å². The lowest BCUT2D eigenvalue weighted by atomic mass is 10.00. The molecule has 1 aliphatic rings. The molecule has 2 unspecified atom stereocenters. The minimum absolute atomic E-state index is 0.222. The zero-order chi connectivity index (χ0) is 12.4. The molecule has 1 aliphatic heterocycles. The molecule has 3 N–H and O–H groups in total. The van der Waals surface area contributed by atoms with Gasteiger partial charge < -0.3 is 5.73 Å². The van der Waals surface area contributed by atoms with Gasteiger partial charge in [-0.05, 0) is 26.7 Å². The molecule has 6 nitrogen and oxygen atoms in total. The first-order chi connectivity index (χ1) is 8.08. The number of piperidine rings is 1. The van der Waals surface area contributed by atoms with E-state index in [4.69, 9.17) is 5.73 Å². The SMILES string of the molecule is CC1CCCC(C)N1NC(=O)c1nnc(N)s1. The van der Waals surface area contributed by atoms with Gasteiger partial charge in [-0.2, -0.15) is 0 Å². The Morgan fingerprint density at radius 2 is 2.06 bits per heavy atom. The highest BCUT2D eigenvalue weighted by Crippen LogP contribution is 2.21. The van der Waals surface area contributed by atoms with Gasteiger partial charge in [0.1, 0.15) is 0 Å². The second-order valence-corrected chi connectivity index (χ2v) is 5.43. The zero-order valence-corrected chi connectivity index (χ0v) is 10.8. The van der Waals surface area contributed by atoms with Crippen LogP contribution in [0.4, 0.5) is 5.13 Å². The van der Waals surface area contributed by atoms with Gasteiger partial charge in [-0.1, -0.05) is 17.8 Å². The number of nitrogens with two attached hydrogens (primary N) is 1. The summed E-state index contributed by atoms with van der Waals surface area (Å²) in [7, 11) is 0. The third kappa shape index (κ3) is 2.73. The molecule has 2 atom stereocenters. The molecule has 0 radical (unpaired) electrons. The number of nitrogens with zero attached hydrogens (tertiary/aromatic N) is 3. The van der Waals surface area contributed by atoms with Crippen molar-refractivity contribution in [3.63, 3.8) is 0 Å². The van der Waals surface area contributed by atoms with Crippen LogP contribution in [0.1, 0.15) is 42.9 Å². The van der Waals surface area contributed by atoms with Crippen LogP contribution in [-0.4, -0.2) is 33.2 Å². The van der Waals surface area contributed by atoms with Gasteiger partial charge in [0.05, 0.1) is 0 Å². The van der Waals surface area contributed by atoms with E-state index in [1.807, 2.05) is 5.01 Å². The van der Waals surface area contributed by atoms with E-state index in [-0.39, 0.29) is 5.91 Å². The highest BCUT2D eigenvalue weighted by atomic mass is 32.1. The molecule has 1 fully saturated rings. The predicted molar refractivity (Wildman–Crippen MR) is 66.4 cm³/mol. The number of hydrogen-bond donors (Lipinski definition) is 2. The van der Waals surface area contributed by atoms with Crippen LogP contribution in [0.3, 0.4) is 0 Å². The van der Waals surface area contributed by atoms with Crippen molar-refractivity contribution >= 4 is 22.4 Å². The lowest BCUT2D eigenvalue weighted by Gasteiger charge is -2.38. The highest BCUT2D eigenvalue weighted by molar-refractivity contribution is 7.16. The summed E-state index contributed by atoms with van der Waals surface area (Å²) in [5, 5.41) is 10.0. The Bertz CT molecular complexity index is 397. The summed E-state index contributed by atoms with van der Waals surface area (Å²) in [5.41, 5.74) is 8.35. The van der Waals surface area contributed by atoms with E-state index in [0.717, 1.165) is 24.2 Å². The third-order valence-corrected chi connectivity index (χ3v) is 3.81. The largest absolute Gasteiger partial charge is 0.374 e. The van der Waals surface area contributed by atoms with Crippen LogP contribution in [-0.2, 0) is 0 Å². The standard InChI is InChI=1S/C10H17N5OS/c1-6-4-3-5-7(2)15(6)14-8(16)9-12-13-10(11)17-9/h6-7H,3-5H2,1-2H3,(H2,11,13)(H,14,16). The first-order valence-corrected chi connectivity index (χ1v) is 6.58. The smallest absolute Gasteiger partial charge is 0.296 e. The summed E-state index contributed by atoms with van der Waals surface area (Å²) in [4.78, 5) is 11.9. The maximum absolute atomic E-state index is 11.9. The van der Waals surface area contributed by atoms with E-state index in [1.54, 1.807) is 0 Å². The van der Waals surface area contributed by atoms with Crippen molar-refractivity contribution < 1.29 is 4.79 Å². The van der Waals surface area contributed by atoms with Crippen LogP contribution < -0.4 is 11.2 Å². The second kappa shape index (κ2) is 4.97. The summed E-state index contributed by atoms with van der Waals surface area (Å²) >= 11 is 1.10. The average molecular weight is 255 g/mol. The van der Waals surface area contributed by atoms with Gasteiger partial charge in [-0.25, -0.2) is 5.01 Å². The molecule has 94 valence electrons. The van der Waals surface area contributed by atoms with Crippen molar-refractivity contribution in [1.82, 2.24) is 20.6 Å². The minimum Gasteiger partial charge on any atom is -0.374 e. The Morgan fingerprint density at radius 3 is 2.59 bits per heavy atom. The maximum Gasteiger partial charge on any atom is 0.296 e. The number of anilines is 1. The Hall–Kier alpha value is -1.21. The first kappa shape index (κ1) is 12.3. The number of amides is 1. The van der Waals surface area contributed by atoms with E-state index in [2.05, 4.69) is 29.5 Å². The van der Waals surface area contributed by atoms with E-state index >= 15 is 0 Å². The number of nitrogens with one attached hydrogen (secondary N) is 1. The Balaban J connectivity index is 2.02. The van der Waals surface area contributed by atoms with E-state index < -0.39 is 0 Å². The number of nitrogen functional groups attached to an aromatic ring is 1. The quantitative estimate of drug-likeness (QED) is 0.824. The summed E-state index contributed by atoms with van der Waals surface area (Å²) < 4.78 is 0. The van der Waals surface area contributed by atoms with Gasteiger partial charge in [0.2, 0.25) is 10.1 Å². The minimum atomic E-state index is -0.222. The Morgan fingerprint density at radius 1 is 1.41 bits per heavy atom. The van der Waals surface area contributed by atoms with Crippen LogP contribution >= 0.6 is 11.3 Å². The topological polar surface area (TPSA) is 84.1 Å². The molecule has 0 saturated carbocycles. The molecule has 0 bridgehead atoms. The molecule has 2 rings (SSSR count). The molecular weight excluding hydrogens is 238 g/mol. The number of aromatic nitrogens is 2. The number of carbonyl (C=O) groups is 1. The molecule has 1 aromatic heterocycles. The normalized spacial score (nSPS) is 25.8. The molecule has 2 heterocycles. The maximum atomic E-state index is 11.9. The van der Waals surface area contributed by atoms with Crippen LogP contribution in [0.5, 0.6) is 0 Å². The highest BCUT2D eigenvalue weighted by Gasteiger charge is 2.27. The van der Waals surface area contributed by atoms with Crippen molar-refractivity contribution in [2.75, 3.05) is 5.73 Å². The Kier molecular flexibility index (Phi) is 3.58. The van der Waals surface area contributed by atoms with Crippen LogP contribution in [0.25, 0.3) is 0 Å². The molecule has 1 saturated heterocycles. The molecule has 0 aromatic carbocycles. The molecule has 0 spiro atoms. The van der Waals surface area contributed by atoms with Crippen molar-refractivity contribution in [3.05, 3.63) is 5.01 Å². The summed E-state index contributed by atoms with van der Waals surface area (Å²) in [6.45, 7) is 4.23. The third-order valence-electron chi connectivity index (χ3n) is 3.06. The Labute approximate surface area is 104 Å². The van der Waals surface area contributed by atoms with Gasteiger partial charge in [-0.3, -0.25) is 10.2 Å². The van der Waals surface area contributed by atoms with Gasteiger partial charge in [0.15, 0.2) is 0 Å². The van der Waals surface area contributed by atoms with Gasteiger partial charge in [-0.15, -0.1) is 10.2 Å².